The number of H-pyrrole nitrogens is 1. The highest BCUT2D eigenvalue weighted by molar-refractivity contribution is 5.77. The Labute approximate surface area is 140 Å². The molecule has 0 fully saturated rings. The molecular formula is C15H8F6N4O. The van der Waals surface area contributed by atoms with Gasteiger partial charge in [-0.2, -0.15) is 26.3 Å². The number of halogens is 6. The van der Waals surface area contributed by atoms with Crippen molar-refractivity contribution >= 4 is 22.5 Å². The Morgan fingerprint density at radius 1 is 0.962 bits per heavy atom. The van der Waals surface area contributed by atoms with Crippen molar-refractivity contribution < 1.29 is 26.3 Å². The molecule has 11 heteroatoms. The summed E-state index contributed by atoms with van der Waals surface area (Å²) in [5.74, 6) is -0.254. The van der Waals surface area contributed by atoms with Crippen molar-refractivity contribution in [3.05, 3.63) is 58.1 Å². The van der Waals surface area contributed by atoms with E-state index in [0.29, 0.717) is 12.1 Å². The maximum atomic E-state index is 12.9. The first-order valence-corrected chi connectivity index (χ1v) is 6.95. The summed E-state index contributed by atoms with van der Waals surface area (Å²) in [5.41, 5.74) is -3.72. The summed E-state index contributed by atoms with van der Waals surface area (Å²) >= 11 is 0. The molecule has 0 atom stereocenters. The van der Waals surface area contributed by atoms with Crippen LogP contribution in [0.3, 0.4) is 0 Å². The lowest BCUT2D eigenvalue weighted by Gasteiger charge is -2.14. The van der Waals surface area contributed by atoms with Crippen molar-refractivity contribution in [1.29, 1.82) is 0 Å². The molecule has 0 aliphatic heterocycles. The number of pyridine rings is 1. The minimum absolute atomic E-state index is 0.0198. The van der Waals surface area contributed by atoms with Crippen molar-refractivity contribution in [2.75, 3.05) is 5.32 Å². The van der Waals surface area contributed by atoms with Gasteiger partial charge in [-0.05, 0) is 24.3 Å². The summed E-state index contributed by atoms with van der Waals surface area (Å²) in [4.78, 5) is 21.6. The number of hydrogen-bond donors (Lipinski definition) is 2. The number of alkyl halides is 6. The van der Waals surface area contributed by atoms with Crippen LogP contribution in [0.1, 0.15) is 11.1 Å². The standard InChI is InChI=1S/C15H8F6N4O/c16-14(17,18)7-3-8(15(19,20)21)5-9(4-7)24-13-23-6-10-11(25-13)1-2-22-12(10)26/h1-6H,(H,22,26)(H,23,24,25). The van der Waals surface area contributed by atoms with Gasteiger partial charge in [0.25, 0.3) is 5.56 Å². The van der Waals surface area contributed by atoms with Gasteiger partial charge in [-0.25, -0.2) is 9.97 Å². The van der Waals surface area contributed by atoms with E-state index < -0.39 is 34.7 Å². The molecule has 0 aliphatic rings. The van der Waals surface area contributed by atoms with E-state index in [-0.39, 0.29) is 22.9 Å². The average molecular weight is 374 g/mol. The van der Waals surface area contributed by atoms with Crippen LogP contribution >= 0.6 is 0 Å². The molecule has 0 spiro atoms. The van der Waals surface area contributed by atoms with Gasteiger partial charge in [0.05, 0.1) is 22.0 Å². The number of nitrogens with one attached hydrogen (secondary N) is 2. The van der Waals surface area contributed by atoms with E-state index in [1.54, 1.807) is 0 Å². The first-order valence-electron chi connectivity index (χ1n) is 6.95. The summed E-state index contributed by atoms with van der Waals surface area (Å²) < 4.78 is 77.2. The number of fused-ring (bicyclic) bond motifs is 1. The molecule has 5 nitrogen and oxygen atoms in total. The molecule has 0 unspecified atom stereocenters. The van der Waals surface area contributed by atoms with Gasteiger partial charge >= 0.3 is 12.4 Å². The molecular weight excluding hydrogens is 366 g/mol. The molecule has 0 bridgehead atoms. The highest BCUT2D eigenvalue weighted by atomic mass is 19.4. The lowest BCUT2D eigenvalue weighted by molar-refractivity contribution is -0.143. The smallest absolute Gasteiger partial charge is 0.328 e. The predicted octanol–water partition coefficient (Wildman–Crippen LogP) is 4.10. The number of rotatable bonds is 2. The van der Waals surface area contributed by atoms with Gasteiger partial charge in [0.1, 0.15) is 0 Å². The van der Waals surface area contributed by atoms with Gasteiger partial charge in [-0.3, -0.25) is 4.79 Å². The molecule has 2 aromatic heterocycles. The van der Waals surface area contributed by atoms with Crippen molar-refractivity contribution in [3.63, 3.8) is 0 Å². The van der Waals surface area contributed by atoms with E-state index in [2.05, 4.69) is 20.3 Å². The fourth-order valence-corrected chi connectivity index (χ4v) is 2.19. The van der Waals surface area contributed by atoms with Crippen molar-refractivity contribution in [2.24, 2.45) is 0 Å². The molecule has 3 rings (SSSR count). The van der Waals surface area contributed by atoms with Crippen LogP contribution in [-0.4, -0.2) is 15.0 Å². The minimum Gasteiger partial charge on any atom is -0.328 e. The number of hydrogen-bond acceptors (Lipinski definition) is 4. The first-order chi connectivity index (χ1) is 12.0. The van der Waals surface area contributed by atoms with Crippen LogP contribution in [0.25, 0.3) is 10.9 Å². The zero-order chi connectivity index (χ0) is 19.1. The van der Waals surface area contributed by atoms with E-state index >= 15 is 0 Å². The normalized spacial score (nSPS) is 12.4. The molecule has 2 N–H and O–H groups in total. The van der Waals surface area contributed by atoms with Gasteiger partial charge in [-0.1, -0.05) is 0 Å². The van der Waals surface area contributed by atoms with E-state index in [1.807, 2.05) is 0 Å². The van der Waals surface area contributed by atoms with Crippen LogP contribution in [0, 0.1) is 0 Å². The molecule has 3 aromatic rings. The zero-order valence-corrected chi connectivity index (χ0v) is 12.5. The fraction of sp³-hybridized carbons (Fsp3) is 0.133. The Morgan fingerprint density at radius 2 is 1.58 bits per heavy atom. The van der Waals surface area contributed by atoms with Gasteiger partial charge in [0.15, 0.2) is 0 Å². The maximum Gasteiger partial charge on any atom is 0.416 e. The van der Waals surface area contributed by atoms with Crippen LogP contribution in [0.5, 0.6) is 0 Å². The SMILES string of the molecule is O=c1[nH]ccc2nc(Nc3cc(C(F)(F)F)cc(C(F)(F)F)c3)ncc12. The third-order valence-corrected chi connectivity index (χ3v) is 3.36. The number of nitrogens with zero attached hydrogens (tertiary/aromatic N) is 2. The topological polar surface area (TPSA) is 70.7 Å². The zero-order valence-electron chi connectivity index (χ0n) is 12.5. The van der Waals surface area contributed by atoms with Gasteiger partial charge in [0, 0.05) is 18.1 Å². The second-order valence-electron chi connectivity index (χ2n) is 5.22. The monoisotopic (exact) mass is 374 g/mol. The molecule has 1 aromatic carbocycles. The molecule has 0 saturated heterocycles. The number of aromatic nitrogens is 3. The Morgan fingerprint density at radius 3 is 2.15 bits per heavy atom. The highest BCUT2D eigenvalue weighted by Gasteiger charge is 2.37. The van der Waals surface area contributed by atoms with Crippen molar-refractivity contribution in [1.82, 2.24) is 15.0 Å². The van der Waals surface area contributed by atoms with Gasteiger partial charge in [0.2, 0.25) is 5.95 Å². The third-order valence-electron chi connectivity index (χ3n) is 3.36. The highest BCUT2D eigenvalue weighted by Crippen LogP contribution is 2.37. The van der Waals surface area contributed by atoms with Gasteiger partial charge in [-0.15, -0.1) is 0 Å². The lowest BCUT2D eigenvalue weighted by atomic mass is 10.1. The number of anilines is 2. The van der Waals surface area contributed by atoms with Crippen LogP contribution in [0.2, 0.25) is 0 Å². The van der Waals surface area contributed by atoms with E-state index in [4.69, 9.17) is 0 Å². The second-order valence-corrected chi connectivity index (χ2v) is 5.22. The molecule has 0 radical (unpaired) electrons. The predicted molar refractivity (Wildman–Crippen MR) is 79.9 cm³/mol. The third kappa shape index (κ3) is 3.60. The van der Waals surface area contributed by atoms with Gasteiger partial charge < -0.3 is 10.3 Å². The van der Waals surface area contributed by atoms with Crippen LogP contribution in [0.4, 0.5) is 38.0 Å². The van der Waals surface area contributed by atoms with E-state index in [1.165, 1.54) is 12.3 Å². The summed E-state index contributed by atoms with van der Waals surface area (Å²) in [7, 11) is 0. The molecule has 2 heterocycles. The Bertz CT molecular complexity index is 993. The van der Waals surface area contributed by atoms with E-state index in [9.17, 15) is 31.1 Å². The quantitative estimate of drug-likeness (QED) is 0.663. The lowest BCUT2D eigenvalue weighted by Crippen LogP contribution is -2.12. The van der Waals surface area contributed by atoms with E-state index in [0.717, 1.165) is 6.20 Å². The molecule has 0 amide bonds. The van der Waals surface area contributed by atoms with Crippen LogP contribution < -0.4 is 10.9 Å². The minimum atomic E-state index is -4.96. The Kier molecular flexibility index (Phi) is 4.09. The van der Waals surface area contributed by atoms with Crippen molar-refractivity contribution in [3.8, 4) is 0 Å². The summed E-state index contributed by atoms with van der Waals surface area (Å²) in [6.45, 7) is 0. The Hall–Kier alpha value is -3.11. The fourth-order valence-electron chi connectivity index (χ4n) is 2.19. The molecule has 26 heavy (non-hydrogen) atoms. The Balaban J connectivity index is 2.05. The van der Waals surface area contributed by atoms with Crippen molar-refractivity contribution in [2.45, 2.75) is 12.4 Å². The first kappa shape index (κ1) is 17.7. The number of aromatic amines is 1. The molecule has 0 aliphatic carbocycles. The molecule has 136 valence electrons. The largest absolute Gasteiger partial charge is 0.416 e. The summed E-state index contributed by atoms with van der Waals surface area (Å²) in [5, 5.41) is 2.43. The molecule has 0 saturated carbocycles. The second kappa shape index (κ2) is 6.00. The maximum absolute atomic E-state index is 12.9. The van der Waals surface area contributed by atoms with Crippen LogP contribution in [0.15, 0.2) is 41.5 Å². The summed E-state index contributed by atoms with van der Waals surface area (Å²) in [6.07, 6.45) is -7.51. The number of benzene rings is 1. The van der Waals surface area contributed by atoms with Crippen LogP contribution in [-0.2, 0) is 12.4 Å². The summed E-state index contributed by atoms with van der Waals surface area (Å²) in [6, 6.07) is 2.46. The average Bonchev–Trinajstić information content (AvgIpc) is 2.53.